The number of nitrogens with one attached hydrogen (secondary N) is 3. The molecular weight excluding hydrogens is 533 g/mol. The molecule has 1 aliphatic rings. The van der Waals surface area contributed by atoms with Gasteiger partial charge in [0.1, 0.15) is 29.0 Å². The smallest absolute Gasteiger partial charge is 0.324 e. The van der Waals surface area contributed by atoms with E-state index in [1.165, 1.54) is 28.7 Å². The van der Waals surface area contributed by atoms with Crippen LogP contribution in [0.3, 0.4) is 0 Å². The van der Waals surface area contributed by atoms with Crippen LogP contribution >= 0.6 is 11.8 Å². The third-order valence-corrected chi connectivity index (χ3v) is 6.95. The van der Waals surface area contributed by atoms with E-state index >= 15 is 0 Å². The Morgan fingerprint density at radius 1 is 1.12 bits per heavy atom. The van der Waals surface area contributed by atoms with Gasteiger partial charge in [-0.25, -0.2) is 18.9 Å². The molecule has 206 valence electrons. The van der Waals surface area contributed by atoms with Crippen LogP contribution in [0.4, 0.5) is 26.5 Å². The third-order valence-electron chi connectivity index (χ3n) is 6.18. The maximum absolute atomic E-state index is 13.9. The van der Waals surface area contributed by atoms with Crippen molar-refractivity contribution in [2.45, 2.75) is 43.9 Å². The lowest BCUT2D eigenvalue weighted by molar-refractivity contribution is -0.116. The zero-order valence-electron chi connectivity index (χ0n) is 22.4. The number of aromatic nitrogens is 4. The molecule has 4 heterocycles. The first-order valence-corrected chi connectivity index (χ1v) is 13.8. The second kappa shape index (κ2) is 11.0. The third kappa shape index (κ3) is 5.91. The lowest BCUT2D eigenvalue weighted by Gasteiger charge is -2.19. The summed E-state index contributed by atoms with van der Waals surface area (Å²) in [5.41, 5.74) is 2.22. The Kier molecular flexibility index (Phi) is 7.44. The molecule has 5 rings (SSSR count). The minimum absolute atomic E-state index is 0.0687. The van der Waals surface area contributed by atoms with Crippen molar-refractivity contribution in [3.63, 3.8) is 0 Å². The molecule has 0 fully saturated rings. The molecule has 0 saturated carbocycles. The van der Waals surface area contributed by atoms with Crippen molar-refractivity contribution in [1.29, 1.82) is 0 Å². The number of carbonyl (C=O) groups excluding carboxylic acids is 2. The zero-order chi connectivity index (χ0) is 28.4. The Bertz CT molecular complexity index is 1600. The second-order valence-corrected chi connectivity index (χ2v) is 11.0. The number of urea groups is 1. The summed E-state index contributed by atoms with van der Waals surface area (Å²) in [5.74, 6) is 1.49. The number of nitrogens with zero attached hydrogens (tertiary/aromatic N) is 4. The average molecular weight is 562 g/mol. The summed E-state index contributed by atoms with van der Waals surface area (Å²) in [5, 5.41) is 13.1. The molecule has 0 spiro atoms. The van der Waals surface area contributed by atoms with Gasteiger partial charge in [0.15, 0.2) is 0 Å². The van der Waals surface area contributed by atoms with Crippen molar-refractivity contribution in [2.75, 3.05) is 22.2 Å². The summed E-state index contributed by atoms with van der Waals surface area (Å²) in [4.78, 5) is 33.7. The van der Waals surface area contributed by atoms with Crippen molar-refractivity contribution in [1.82, 2.24) is 19.7 Å². The quantitative estimate of drug-likeness (QED) is 0.242. The first kappa shape index (κ1) is 27.1. The van der Waals surface area contributed by atoms with Gasteiger partial charge in [-0.1, -0.05) is 20.8 Å². The Hall–Kier alpha value is -4.45. The maximum atomic E-state index is 13.9. The molecule has 0 unspecified atom stereocenters. The number of fused-ring (bicyclic) bond motifs is 1. The number of anilines is 3. The minimum Gasteiger partial charge on any atom is -0.457 e. The Morgan fingerprint density at radius 3 is 2.70 bits per heavy atom. The Labute approximate surface area is 234 Å². The molecule has 0 saturated heterocycles. The van der Waals surface area contributed by atoms with Gasteiger partial charge in [-0.15, -0.1) is 11.8 Å². The van der Waals surface area contributed by atoms with Crippen LogP contribution in [0.15, 0.2) is 59.9 Å². The number of hydrogen-bond acceptors (Lipinski definition) is 7. The van der Waals surface area contributed by atoms with Crippen molar-refractivity contribution in [2.24, 2.45) is 0 Å². The number of thioether (sulfide) groups is 1. The van der Waals surface area contributed by atoms with E-state index in [2.05, 4.69) is 31.0 Å². The van der Waals surface area contributed by atoms with Crippen LogP contribution in [0.2, 0.25) is 0 Å². The van der Waals surface area contributed by atoms with E-state index in [-0.39, 0.29) is 11.3 Å². The fourth-order valence-corrected chi connectivity index (χ4v) is 4.71. The predicted molar refractivity (Wildman–Crippen MR) is 152 cm³/mol. The van der Waals surface area contributed by atoms with Crippen LogP contribution < -0.4 is 20.7 Å². The van der Waals surface area contributed by atoms with E-state index in [4.69, 9.17) is 4.74 Å². The Morgan fingerprint density at radius 2 is 1.95 bits per heavy atom. The van der Waals surface area contributed by atoms with Gasteiger partial charge in [0.2, 0.25) is 5.91 Å². The molecule has 3 aromatic heterocycles. The van der Waals surface area contributed by atoms with Crippen molar-refractivity contribution in [3.05, 3.63) is 72.1 Å². The summed E-state index contributed by atoms with van der Waals surface area (Å²) < 4.78 is 21.5. The second-order valence-electron chi connectivity index (χ2n) is 10.2. The van der Waals surface area contributed by atoms with Crippen molar-refractivity contribution < 1.29 is 18.7 Å². The first-order valence-electron chi connectivity index (χ1n) is 12.5. The molecular formula is C28H28FN7O3S. The normalized spacial score (nSPS) is 12.9. The van der Waals surface area contributed by atoms with Gasteiger partial charge in [-0.2, -0.15) is 5.10 Å². The van der Waals surface area contributed by atoms with Crippen molar-refractivity contribution in [3.8, 4) is 17.2 Å². The van der Waals surface area contributed by atoms with E-state index in [1.54, 1.807) is 30.5 Å². The summed E-state index contributed by atoms with van der Waals surface area (Å²) in [6, 6.07) is 9.66. The molecule has 1 aliphatic heterocycles. The van der Waals surface area contributed by atoms with Gasteiger partial charge in [-0.05, 0) is 36.9 Å². The van der Waals surface area contributed by atoms with Crippen LogP contribution in [0.1, 0.15) is 38.4 Å². The molecule has 0 atom stereocenters. The molecule has 40 heavy (non-hydrogen) atoms. The SMILES string of the molecule is CSc1cc(Oc2ccnc3c2CCC(=O)N3)ccc1NC(=O)Nc1cc(C(C)(C)C)nn1-c1cncc(F)c1. The van der Waals surface area contributed by atoms with E-state index in [0.29, 0.717) is 47.4 Å². The zero-order valence-corrected chi connectivity index (χ0v) is 23.2. The number of rotatable bonds is 6. The van der Waals surface area contributed by atoms with Gasteiger partial charge in [0, 0.05) is 40.6 Å². The summed E-state index contributed by atoms with van der Waals surface area (Å²) >= 11 is 1.45. The molecule has 3 amide bonds. The summed E-state index contributed by atoms with van der Waals surface area (Å²) in [6.07, 6.45) is 6.98. The fraction of sp³-hybridized carbons (Fsp3) is 0.250. The fourth-order valence-electron chi connectivity index (χ4n) is 4.14. The van der Waals surface area contributed by atoms with Gasteiger partial charge >= 0.3 is 6.03 Å². The molecule has 0 aliphatic carbocycles. The van der Waals surface area contributed by atoms with Crippen LogP contribution in [-0.2, 0) is 16.6 Å². The highest BCUT2D eigenvalue weighted by Gasteiger charge is 2.23. The highest BCUT2D eigenvalue weighted by Crippen LogP contribution is 2.36. The number of hydrogen-bond donors (Lipinski definition) is 3. The molecule has 12 heteroatoms. The van der Waals surface area contributed by atoms with E-state index in [0.717, 1.165) is 22.3 Å². The van der Waals surface area contributed by atoms with Crippen LogP contribution in [0.5, 0.6) is 11.5 Å². The standard InChI is InChI=1S/C28H28FN7O3S/c1-28(2,3)23-13-24(36(35-23)17-11-16(29)14-30-15-17)33-27(38)32-20-7-5-18(12-22(20)40-4)39-21-9-10-31-26-19(21)6-8-25(37)34-26/h5,7,9-15H,6,8H2,1-4H3,(H,31,34,37)(H2,32,33,38). The molecule has 1 aromatic carbocycles. The largest absolute Gasteiger partial charge is 0.457 e. The molecule has 0 bridgehead atoms. The molecule has 4 aromatic rings. The molecule has 3 N–H and O–H groups in total. The van der Waals surface area contributed by atoms with Crippen LogP contribution in [-0.4, -0.2) is 37.9 Å². The molecule has 10 nitrogen and oxygen atoms in total. The van der Waals surface area contributed by atoms with E-state index in [1.807, 2.05) is 33.1 Å². The van der Waals surface area contributed by atoms with Gasteiger partial charge < -0.3 is 15.4 Å². The number of halogens is 1. The number of benzene rings is 1. The number of pyridine rings is 2. The van der Waals surface area contributed by atoms with Gasteiger partial charge in [-0.3, -0.25) is 15.1 Å². The number of ether oxygens (including phenoxy) is 1. The number of amides is 3. The number of carbonyl (C=O) groups is 2. The lowest BCUT2D eigenvalue weighted by Crippen LogP contribution is -2.21. The van der Waals surface area contributed by atoms with Crippen LogP contribution in [0.25, 0.3) is 5.69 Å². The topological polar surface area (TPSA) is 123 Å². The highest BCUT2D eigenvalue weighted by atomic mass is 32.2. The molecule has 0 radical (unpaired) electrons. The maximum Gasteiger partial charge on any atom is 0.324 e. The van der Waals surface area contributed by atoms with Crippen molar-refractivity contribution >= 4 is 41.0 Å². The summed E-state index contributed by atoms with van der Waals surface area (Å²) in [7, 11) is 0. The monoisotopic (exact) mass is 561 g/mol. The average Bonchev–Trinajstić information content (AvgIpc) is 3.34. The van der Waals surface area contributed by atoms with Gasteiger partial charge in [0.25, 0.3) is 0 Å². The van der Waals surface area contributed by atoms with Crippen LogP contribution in [0, 0.1) is 5.82 Å². The summed E-state index contributed by atoms with van der Waals surface area (Å²) in [6.45, 7) is 6.00. The highest BCUT2D eigenvalue weighted by molar-refractivity contribution is 7.98. The lowest BCUT2D eigenvalue weighted by atomic mass is 9.92. The van der Waals surface area contributed by atoms with Gasteiger partial charge in [0.05, 0.1) is 29.5 Å². The van der Waals surface area contributed by atoms with E-state index in [9.17, 15) is 14.0 Å². The first-order chi connectivity index (χ1) is 19.1. The predicted octanol–water partition coefficient (Wildman–Crippen LogP) is 6.14. The minimum atomic E-state index is -0.510. The Balaban J connectivity index is 1.35. The van der Waals surface area contributed by atoms with E-state index < -0.39 is 11.8 Å².